The Labute approximate surface area is 212 Å². The second kappa shape index (κ2) is 20.0. The molecule has 0 aliphatic heterocycles. The van der Waals surface area contributed by atoms with Crippen LogP contribution in [0.25, 0.3) is 0 Å². The van der Waals surface area contributed by atoms with E-state index in [4.69, 9.17) is 37.9 Å². The molecule has 7 atom stereocenters. The summed E-state index contributed by atoms with van der Waals surface area (Å²) >= 11 is 0. The van der Waals surface area contributed by atoms with Crippen molar-refractivity contribution in [1.82, 2.24) is 0 Å². The quantitative estimate of drug-likeness (QED) is 0.161. The van der Waals surface area contributed by atoms with E-state index in [9.17, 15) is 4.79 Å². The Bertz CT molecular complexity index is 557. The number of esters is 1. The molecule has 7 unspecified atom stereocenters. The summed E-state index contributed by atoms with van der Waals surface area (Å²) in [7, 11) is 1.66. The summed E-state index contributed by atoms with van der Waals surface area (Å²) in [4.78, 5) is 11.5. The molecule has 0 saturated carbocycles. The van der Waals surface area contributed by atoms with Crippen LogP contribution in [0.5, 0.6) is 0 Å². The van der Waals surface area contributed by atoms with Gasteiger partial charge in [-0.25, -0.2) is 4.79 Å². The van der Waals surface area contributed by atoms with Crippen LogP contribution in [-0.4, -0.2) is 102 Å². The van der Waals surface area contributed by atoms with E-state index in [1.165, 1.54) is 0 Å². The van der Waals surface area contributed by atoms with Gasteiger partial charge in [-0.15, -0.1) is 0 Å². The molecule has 0 aliphatic carbocycles. The van der Waals surface area contributed by atoms with E-state index >= 15 is 0 Å². The van der Waals surface area contributed by atoms with Gasteiger partial charge in [0.05, 0.1) is 82.9 Å². The Morgan fingerprint density at radius 3 is 1.06 bits per heavy atom. The summed E-state index contributed by atoms with van der Waals surface area (Å²) in [5.41, 5.74) is 0.369. The number of methoxy groups -OCH3 is 1. The van der Waals surface area contributed by atoms with Gasteiger partial charge in [0, 0.05) is 12.7 Å². The first-order valence-corrected chi connectivity index (χ1v) is 12.5. The van der Waals surface area contributed by atoms with Crippen LogP contribution in [0.15, 0.2) is 12.2 Å². The SMILES string of the molecule is C=C(C)C(=O)OC(C)COC(C)COC(C)COC(C)COC(C)COC(C)COC(C)COC. The zero-order chi connectivity index (χ0) is 26.8. The minimum atomic E-state index is -0.414. The van der Waals surface area contributed by atoms with E-state index in [0.717, 1.165) is 0 Å². The summed E-state index contributed by atoms with van der Waals surface area (Å²) in [6, 6.07) is 0. The van der Waals surface area contributed by atoms with Crippen molar-refractivity contribution in [2.24, 2.45) is 0 Å². The van der Waals surface area contributed by atoms with E-state index in [1.54, 1.807) is 21.0 Å². The lowest BCUT2D eigenvalue weighted by atomic mass is 10.3. The molecule has 0 bridgehead atoms. The van der Waals surface area contributed by atoms with Gasteiger partial charge in [0.25, 0.3) is 0 Å². The Morgan fingerprint density at radius 2 is 0.800 bits per heavy atom. The molecule has 0 aromatic rings. The molecule has 0 aromatic carbocycles. The standard InChI is InChI=1S/C26H50O9/c1-18(2)26(27)35-25(9)17-34-24(8)16-33-23(7)15-32-22(6)14-31-21(5)13-30-20(4)12-29-19(3)11-28-10/h19-25H,1,11-17H2,2-10H3. The molecule has 0 spiro atoms. The van der Waals surface area contributed by atoms with Crippen molar-refractivity contribution < 1.29 is 42.7 Å². The van der Waals surface area contributed by atoms with Crippen LogP contribution in [0, 0.1) is 0 Å². The minimum Gasteiger partial charge on any atom is -0.457 e. The molecule has 0 N–H and O–H groups in total. The van der Waals surface area contributed by atoms with Crippen molar-refractivity contribution in [3.8, 4) is 0 Å². The number of ether oxygens (including phenoxy) is 8. The van der Waals surface area contributed by atoms with Crippen LogP contribution in [0.4, 0.5) is 0 Å². The van der Waals surface area contributed by atoms with Crippen LogP contribution in [0.1, 0.15) is 55.4 Å². The van der Waals surface area contributed by atoms with Gasteiger partial charge < -0.3 is 37.9 Å². The van der Waals surface area contributed by atoms with E-state index < -0.39 is 5.97 Å². The number of hydrogen-bond donors (Lipinski definition) is 0. The molecule has 0 heterocycles. The molecule has 0 fully saturated rings. The Kier molecular flexibility index (Phi) is 19.4. The first-order chi connectivity index (χ1) is 16.4. The third kappa shape index (κ3) is 19.8. The number of carbonyl (C=O) groups excluding carboxylic acids is 1. The van der Waals surface area contributed by atoms with Crippen molar-refractivity contribution in [3.63, 3.8) is 0 Å². The molecule has 9 nitrogen and oxygen atoms in total. The van der Waals surface area contributed by atoms with Gasteiger partial charge in [0.2, 0.25) is 0 Å². The average Bonchev–Trinajstić information content (AvgIpc) is 2.80. The molecule has 0 aromatic heterocycles. The first-order valence-electron chi connectivity index (χ1n) is 12.5. The van der Waals surface area contributed by atoms with Crippen LogP contribution in [0.3, 0.4) is 0 Å². The summed E-state index contributed by atoms with van der Waals surface area (Å²) in [5.74, 6) is -0.414. The normalized spacial score (nSPS) is 17.7. The minimum absolute atomic E-state index is 0.0204. The molecule has 208 valence electrons. The van der Waals surface area contributed by atoms with E-state index in [0.29, 0.717) is 51.8 Å². The molecule has 0 amide bonds. The Hall–Kier alpha value is -1.07. The zero-order valence-corrected chi connectivity index (χ0v) is 23.4. The van der Waals surface area contributed by atoms with Crippen molar-refractivity contribution in [2.45, 2.75) is 98.1 Å². The highest BCUT2D eigenvalue weighted by Gasteiger charge is 2.15. The number of hydrogen-bond acceptors (Lipinski definition) is 9. The van der Waals surface area contributed by atoms with Gasteiger partial charge in [0.15, 0.2) is 0 Å². The highest BCUT2D eigenvalue weighted by Crippen LogP contribution is 2.05. The maximum Gasteiger partial charge on any atom is 0.333 e. The predicted molar refractivity (Wildman–Crippen MR) is 135 cm³/mol. The van der Waals surface area contributed by atoms with Crippen LogP contribution in [-0.2, 0) is 42.7 Å². The van der Waals surface area contributed by atoms with Gasteiger partial charge in [0.1, 0.15) is 6.10 Å². The van der Waals surface area contributed by atoms with Gasteiger partial charge in [-0.05, 0) is 55.4 Å². The monoisotopic (exact) mass is 506 g/mol. The van der Waals surface area contributed by atoms with Crippen LogP contribution >= 0.6 is 0 Å². The molecule has 9 heteroatoms. The van der Waals surface area contributed by atoms with Crippen molar-refractivity contribution in [1.29, 1.82) is 0 Å². The Balaban J connectivity index is 3.88. The number of carbonyl (C=O) groups is 1. The molecular formula is C26H50O9. The lowest BCUT2D eigenvalue weighted by Gasteiger charge is -2.22. The third-order valence-corrected chi connectivity index (χ3v) is 4.75. The molecule has 0 rings (SSSR count). The van der Waals surface area contributed by atoms with Crippen molar-refractivity contribution in [2.75, 3.05) is 53.4 Å². The second-order valence-corrected chi connectivity index (χ2v) is 9.32. The van der Waals surface area contributed by atoms with E-state index in [-0.39, 0.29) is 42.7 Å². The van der Waals surface area contributed by atoms with Crippen LogP contribution < -0.4 is 0 Å². The lowest BCUT2D eigenvalue weighted by Crippen LogP contribution is -2.30. The second-order valence-electron chi connectivity index (χ2n) is 9.32. The fourth-order valence-electron chi connectivity index (χ4n) is 2.64. The molecule has 35 heavy (non-hydrogen) atoms. The number of rotatable bonds is 22. The highest BCUT2D eigenvalue weighted by molar-refractivity contribution is 5.87. The third-order valence-electron chi connectivity index (χ3n) is 4.75. The van der Waals surface area contributed by atoms with Gasteiger partial charge in [-0.1, -0.05) is 6.58 Å². The molecule has 0 radical (unpaired) electrons. The van der Waals surface area contributed by atoms with Crippen molar-refractivity contribution >= 4 is 5.97 Å². The van der Waals surface area contributed by atoms with E-state index in [1.807, 2.05) is 41.5 Å². The summed E-state index contributed by atoms with van der Waals surface area (Å²) < 4.78 is 44.8. The topological polar surface area (TPSA) is 90.9 Å². The summed E-state index contributed by atoms with van der Waals surface area (Å²) in [6.45, 7) is 21.9. The van der Waals surface area contributed by atoms with Gasteiger partial charge >= 0.3 is 5.97 Å². The maximum atomic E-state index is 11.5. The predicted octanol–water partition coefficient (Wildman–Crippen LogP) is 3.57. The lowest BCUT2D eigenvalue weighted by molar-refractivity contribution is -0.148. The molecule has 0 saturated heterocycles. The highest BCUT2D eigenvalue weighted by atomic mass is 16.6. The largest absolute Gasteiger partial charge is 0.457 e. The Morgan fingerprint density at radius 1 is 0.543 bits per heavy atom. The van der Waals surface area contributed by atoms with Gasteiger partial charge in [-0.2, -0.15) is 0 Å². The van der Waals surface area contributed by atoms with Gasteiger partial charge in [-0.3, -0.25) is 0 Å². The van der Waals surface area contributed by atoms with E-state index in [2.05, 4.69) is 6.58 Å². The van der Waals surface area contributed by atoms with Crippen molar-refractivity contribution in [3.05, 3.63) is 12.2 Å². The molecule has 0 aliphatic rings. The molecular weight excluding hydrogens is 456 g/mol. The summed E-state index contributed by atoms with van der Waals surface area (Å²) in [6.07, 6.45) is -0.683. The fraction of sp³-hybridized carbons (Fsp3) is 0.885. The van der Waals surface area contributed by atoms with Crippen LogP contribution in [0.2, 0.25) is 0 Å². The maximum absolute atomic E-state index is 11.5. The first kappa shape index (κ1) is 33.9. The smallest absolute Gasteiger partial charge is 0.333 e. The average molecular weight is 507 g/mol. The summed E-state index contributed by atoms with van der Waals surface area (Å²) in [5, 5.41) is 0. The fourth-order valence-corrected chi connectivity index (χ4v) is 2.64. The zero-order valence-electron chi connectivity index (χ0n) is 23.4.